The van der Waals surface area contributed by atoms with Gasteiger partial charge in [-0.1, -0.05) is 60.1 Å². The van der Waals surface area contributed by atoms with Crippen LogP contribution in [0.4, 0.5) is 0 Å². The van der Waals surface area contributed by atoms with Crippen molar-refractivity contribution in [1.29, 1.82) is 0 Å². The van der Waals surface area contributed by atoms with Crippen LogP contribution in [0.15, 0.2) is 24.3 Å². The molecule has 0 aliphatic carbocycles. The number of aromatic hydroxyl groups is 1. The number of aliphatic carboxylic acids is 4. The fourth-order valence-corrected chi connectivity index (χ4v) is 9.47. The molecule has 1 fully saturated rings. The first-order valence-corrected chi connectivity index (χ1v) is 29.9. The molecule has 1 aliphatic rings. The van der Waals surface area contributed by atoms with Crippen LogP contribution >= 0.6 is 0 Å². The Hall–Kier alpha value is -9.01. The number of carboxylic acids is 4. The molecule has 1 aromatic rings. The van der Waals surface area contributed by atoms with Crippen molar-refractivity contribution in [3.63, 3.8) is 0 Å². The molecule has 0 unspecified atom stereocenters. The molecule has 0 saturated carbocycles. The van der Waals surface area contributed by atoms with Crippen molar-refractivity contribution >= 4 is 88.9 Å². The molecule has 0 bridgehead atoms. The van der Waals surface area contributed by atoms with E-state index in [1.54, 1.807) is 41.5 Å². The lowest BCUT2D eigenvalue weighted by Crippen LogP contribution is -2.61. The number of phenolic OH excluding ortho intramolecular Hbond substituents is 1. The third-order valence-electron chi connectivity index (χ3n) is 14.7. The molecule has 33 heteroatoms. The molecule has 1 saturated heterocycles. The molecule has 0 spiro atoms. The Morgan fingerprint density at radius 3 is 1.41 bits per heavy atom. The van der Waals surface area contributed by atoms with Crippen LogP contribution in [0.1, 0.15) is 138 Å². The highest BCUT2D eigenvalue weighted by molar-refractivity contribution is 5.99. The lowest BCUT2D eigenvalue weighted by atomic mass is 9.96. The zero-order valence-electron chi connectivity index (χ0n) is 52.1. The molecule has 1 aromatic carbocycles. The number of aliphatic hydroxyl groups excluding tert-OH is 1. The molecular formula is C58H90N12O21. The highest BCUT2D eigenvalue weighted by atomic mass is 16.4. The van der Waals surface area contributed by atoms with E-state index in [1.165, 1.54) is 36.1 Å². The third-order valence-corrected chi connectivity index (χ3v) is 14.7. The highest BCUT2D eigenvalue weighted by Gasteiger charge is 2.42. The maximum absolute atomic E-state index is 14.6. The van der Waals surface area contributed by atoms with Gasteiger partial charge < -0.3 is 94.9 Å². The van der Waals surface area contributed by atoms with Crippen LogP contribution < -0.4 is 59.3 Å². The molecule has 508 valence electrons. The fourth-order valence-electron chi connectivity index (χ4n) is 9.47. The Bertz CT molecular complexity index is 2750. The Balaban J connectivity index is 2.41. The molecule has 0 radical (unpaired) electrons. The summed E-state index contributed by atoms with van der Waals surface area (Å²) >= 11 is 0. The summed E-state index contributed by atoms with van der Waals surface area (Å²) in [4.78, 5) is 198. The van der Waals surface area contributed by atoms with Gasteiger partial charge in [0.1, 0.15) is 66.2 Å². The van der Waals surface area contributed by atoms with E-state index in [0.717, 1.165) is 0 Å². The second-order valence-corrected chi connectivity index (χ2v) is 23.3. The van der Waals surface area contributed by atoms with Crippen molar-refractivity contribution < 1.29 is 103 Å². The predicted octanol–water partition coefficient (Wildman–Crippen LogP) is -3.29. The number of hydrogen-bond donors (Lipinski definition) is 17. The average Bonchev–Trinajstić information content (AvgIpc) is 1.84. The van der Waals surface area contributed by atoms with E-state index in [2.05, 4.69) is 47.9 Å². The molecule has 1 heterocycles. The number of carbonyl (C=O) groups excluding carboxylic acids is 11. The molecular weight excluding hydrogens is 1200 g/mol. The fraction of sp³-hybridized carbons (Fsp3) is 0.638. The van der Waals surface area contributed by atoms with Crippen LogP contribution in [0.25, 0.3) is 0 Å². The predicted molar refractivity (Wildman–Crippen MR) is 320 cm³/mol. The number of carboxylic acid groups (broad SMARTS) is 4. The maximum atomic E-state index is 14.6. The standard InChI is InChI=1S/C58H90N12O21/c1-8-30(6)47(57(89)70-23-9-10-42(70)56(88)67-40(26-32-11-13-33(72)14-12-32)54(86)63-36(16-20-44(74)75)51(83)65-38(58(90)91)18-22-46(78)79)69-48(80)31(7)61-53(85)39(25-29(4)5)66-52(84)37(17-21-45(76)77)62-50(82)35(15-19-43(60)73)64-55(87)41(27-71)68-49(81)34(59)24-28(2)3/h11-14,28-31,34-42,47,71-72H,8-10,15-27,59H2,1-7H3,(H2,60,73)(H,61,85)(H,62,82)(H,63,86)(H,64,87)(H,65,83)(H,66,84)(H,67,88)(H,68,81)(H,69,80)(H,74,75)(H,76,77)(H,78,79)(H,90,91)/t30-,31-,34-,35-,36-,37-,38-,39-,40-,41-,42-,47-/m0/s1. The number of nitrogens with two attached hydrogens (primary N) is 2. The largest absolute Gasteiger partial charge is 0.508 e. The van der Waals surface area contributed by atoms with E-state index < -0.39 is 219 Å². The van der Waals surface area contributed by atoms with E-state index in [9.17, 15) is 97.5 Å². The van der Waals surface area contributed by atoms with Crippen molar-refractivity contribution in [2.45, 2.75) is 205 Å². The summed E-state index contributed by atoms with van der Waals surface area (Å²) in [5.41, 5.74) is 11.6. The molecule has 2 rings (SSSR count). The van der Waals surface area contributed by atoms with Gasteiger partial charge in [0.15, 0.2) is 0 Å². The van der Waals surface area contributed by atoms with Crippen LogP contribution in [0.3, 0.4) is 0 Å². The topological polar surface area (TPSA) is 541 Å². The molecule has 33 nitrogen and oxygen atoms in total. The van der Waals surface area contributed by atoms with Gasteiger partial charge in [-0.25, -0.2) is 4.79 Å². The number of hydrogen-bond acceptors (Lipinski definition) is 18. The minimum Gasteiger partial charge on any atom is -0.508 e. The number of benzene rings is 1. The van der Waals surface area contributed by atoms with Crippen molar-refractivity contribution in [3.05, 3.63) is 29.8 Å². The van der Waals surface area contributed by atoms with E-state index in [-0.39, 0.29) is 62.7 Å². The monoisotopic (exact) mass is 1290 g/mol. The summed E-state index contributed by atoms with van der Waals surface area (Å²) in [7, 11) is 0. The SMILES string of the molecule is CC[C@H](C)[C@H](NC(=O)[C@H](C)NC(=O)[C@H](CC(C)C)NC(=O)[C@H](CCC(=O)O)NC(=O)[C@H](CCC(N)=O)NC(=O)[C@H](CO)NC(=O)[C@@H](N)CC(C)C)C(=O)N1CCC[C@H]1C(=O)N[C@@H](Cc1ccc(O)cc1)C(=O)N[C@@H](CCC(=O)O)C(=O)N[C@@H](CCC(=O)O)C(=O)O. The van der Waals surface area contributed by atoms with Gasteiger partial charge in [0.2, 0.25) is 65.0 Å². The van der Waals surface area contributed by atoms with Crippen molar-refractivity contribution in [3.8, 4) is 5.75 Å². The zero-order chi connectivity index (χ0) is 69.0. The number of nitrogens with one attached hydrogen (secondary N) is 9. The maximum Gasteiger partial charge on any atom is 0.326 e. The minimum absolute atomic E-state index is 0.0139. The normalized spacial score (nSPS) is 16.5. The van der Waals surface area contributed by atoms with Crippen molar-refractivity contribution in [2.75, 3.05) is 13.2 Å². The lowest BCUT2D eigenvalue weighted by Gasteiger charge is -2.33. The summed E-state index contributed by atoms with van der Waals surface area (Å²) in [5.74, 6) is -17.6. The first-order chi connectivity index (χ1) is 42.6. The number of nitrogens with zero attached hydrogens (tertiary/aromatic N) is 1. The Morgan fingerprint density at radius 2 is 0.956 bits per heavy atom. The van der Waals surface area contributed by atoms with Gasteiger partial charge in [-0.2, -0.15) is 0 Å². The summed E-state index contributed by atoms with van der Waals surface area (Å²) < 4.78 is 0. The Morgan fingerprint density at radius 1 is 0.527 bits per heavy atom. The molecule has 19 N–H and O–H groups in total. The van der Waals surface area contributed by atoms with Crippen molar-refractivity contribution in [1.82, 2.24) is 52.8 Å². The Kier molecular flexibility index (Phi) is 33.1. The van der Waals surface area contributed by atoms with E-state index in [4.69, 9.17) is 16.6 Å². The number of primary amides is 1. The summed E-state index contributed by atoms with van der Waals surface area (Å²) in [5, 5.41) is 79.3. The van der Waals surface area contributed by atoms with Crippen LogP contribution in [-0.4, -0.2) is 204 Å². The first kappa shape index (κ1) is 78.1. The lowest BCUT2D eigenvalue weighted by molar-refractivity contribution is -0.144. The summed E-state index contributed by atoms with van der Waals surface area (Å²) in [6, 6.07) is -11.3. The van der Waals surface area contributed by atoms with Gasteiger partial charge >= 0.3 is 23.9 Å². The smallest absolute Gasteiger partial charge is 0.326 e. The highest BCUT2D eigenvalue weighted by Crippen LogP contribution is 2.23. The quantitative estimate of drug-likeness (QED) is 0.0306. The molecule has 0 aromatic heterocycles. The van der Waals surface area contributed by atoms with Gasteiger partial charge in [0, 0.05) is 38.6 Å². The van der Waals surface area contributed by atoms with Crippen LogP contribution in [0.2, 0.25) is 0 Å². The third kappa shape index (κ3) is 27.7. The van der Waals surface area contributed by atoms with E-state index in [1.807, 2.05) is 0 Å². The minimum atomic E-state index is -1.75. The molecule has 1 aliphatic heterocycles. The average molecular weight is 1290 g/mol. The van der Waals surface area contributed by atoms with Gasteiger partial charge in [-0.15, -0.1) is 0 Å². The number of likely N-dealkylation sites (tertiary alicyclic amines) is 1. The second kappa shape index (κ2) is 38.5. The van der Waals surface area contributed by atoms with Gasteiger partial charge in [0.25, 0.3) is 0 Å². The van der Waals surface area contributed by atoms with Gasteiger partial charge in [-0.3, -0.25) is 67.1 Å². The second-order valence-electron chi connectivity index (χ2n) is 23.3. The van der Waals surface area contributed by atoms with Gasteiger partial charge in [0.05, 0.1) is 12.6 Å². The number of aliphatic hydroxyl groups is 1. The summed E-state index contributed by atoms with van der Waals surface area (Å²) in [6.07, 6.45) is -4.35. The zero-order valence-corrected chi connectivity index (χ0v) is 52.1. The number of phenols is 1. The van der Waals surface area contributed by atoms with Crippen LogP contribution in [-0.2, 0) is 78.3 Å². The Labute approximate surface area is 525 Å². The first-order valence-electron chi connectivity index (χ1n) is 29.9. The van der Waals surface area contributed by atoms with Crippen LogP contribution in [0.5, 0.6) is 5.75 Å². The number of amides is 11. The van der Waals surface area contributed by atoms with E-state index in [0.29, 0.717) is 5.56 Å². The number of rotatable bonds is 41. The van der Waals surface area contributed by atoms with Gasteiger partial charge in [-0.05, 0) is 93.7 Å². The molecule has 12 atom stereocenters. The van der Waals surface area contributed by atoms with Crippen LogP contribution in [0, 0.1) is 17.8 Å². The number of carbonyl (C=O) groups is 15. The molecule has 91 heavy (non-hydrogen) atoms. The van der Waals surface area contributed by atoms with E-state index >= 15 is 0 Å². The summed E-state index contributed by atoms with van der Waals surface area (Å²) in [6.45, 7) is 10.6. The molecule has 11 amide bonds. The van der Waals surface area contributed by atoms with Crippen molar-refractivity contribution in [2.24, 2.45) is 29.2 Å².